The van der Waals surface area contributed by atoms with Crippen molar-refractivity contribution >= 4 is 16.3 Å². The van der Waals surface area contributed by atoms with Gasteiger partial charge in [0.15, 0.2) is 0 Å². The highest BCUT2D eigenvalue weighted by molar-refractivity contribution is 5.92. The van der Waals surface area contributed by atoms with E-state index in [0.29, 0.717) is 0 Å². The first-order valence-electron chi connectivity index (χ1n) is 6.15. The Bertz CT molecular complexity index is 635. The molecule has 0 unspecified atom stereocenters. The zero-order valence-corrected chi connectivity index (χ0v) is 10.4. The topological polar surface area (TPSA) is 9.23 Å². The fourth-order valence-electron chi connectivity index (χ4n) is 2.34. The Hall–Kier alpha value is -2.02. The summed E-state index contributed by atoms with van der Waals surface area (Å²) in [5, 5.41) is 2.38. The summed E-state index contributed by atoms with van der Waals surface area (Å²) in [7, 11) is 1.73. The maximum absolute atomic E-state index is 5.50. The zero-order chi connectivity index (χ0) is 12.4. The zero-order valence-electron chi connectivity index (χ0n) is 10.4. The summed E-state index contributed by atoms with van der Waals surface area (Å²) in [6, 6.07) is 12.7. The number of hydrogen-bond donors (Lipinski definition) is 0. The van der Waals surface area contributed by atoms with E-state index in [9.17, 15) is 0 Å². The average molecular weight is 235 g/mol. The fraction of sp³-hybridized carbons (Fsp3) is 0.118. The van der Waals surface area contributed by atoms with E-state index in [4.69, 9.17) is 4.74 Å². The van der Waals surface area contributed by atoms with E-state index in [-0.39, 0.29) is 0 Å². The van der Waals surface area contributed by atoms with Crippen LogP contribution < -0.4 is 4.74 Å². The van der Waals surface area contributed by atoms with Crippen LogP contribution in [0.25, 0.3) is 16.3 Å². The number of hydrogen-bond acceptors (Lipinski definition) is 1. The van der Waals surface area contributed by atoms with Gasteiger partial charge in [0.1, 0.15) is 5.75 Å². The third-order valence-electron chi connectivity index (χ3n) is 3.26. The molecule has 3 rings (SSSR count). The molecule has 89 valence electrons. The lowest BCUT2D eigenvalue weighted by Crippen LogP contribution is -1.92. The van der Waals surface area contributed by atoms with Crippen molar-refractivity contribution in [3.8, 4) is 5.75 Å². The van der Waals surface area contributed by atoms with E-state index >= 15 is 0 Å². The Labute approximate surface area is 107 Å². The van der Waals surface area contributed by atoms with Gasteiger partial charge in [-0.3, -0.25) is 0 Å². The summed E-state index contributed by atoms with van der Waals surface area (Å²) in [6.45, 7) is 0. The lowest BCUT2D eigenvalue weighted by molar-refractivity contribution is 0.419. The van der Waals surface area contributed by atoms with E-state index in [1.807, 2.05) is 6.07 Å². The monoisotopic (exact) mass is 235 g/mol. The van der Waals surface area contributed by atoms with Gasteiger partial charge in [0.25, 0.3) is 0 Å². The van der Waals surface area contributed by atoms with Gasteiger partial charge in [0.05, 0.1) is 7.11 Å². The first-order valence-corrected chi connectivity index (χ1v) is 6.15. The molecule has 0 atom stereocenters. The fourth-order valence-corrected chi connectivity index (χ4v) is 2.34. The lowest BCUT2D eigenvalue weighted by atomic mass is 9.95. The smallest absolute Gasteiger partial charge is 0.127 e. The van der Waals surface area contributed by atoms with Gasteiger partial charge in [0.2, 0.25) is 0 Å². The molecular weight excluding hydrogens is 220 g/mol. The number of allylic oxidation sites excluding steroid dienone is 4. The number of fused-ring (bicyclic) bond motifs is 1. The molecule has 1 heteroatoms. The highest BCUT2D eigenvalue weighted by Crippen LogP contribution is 2.32. The van der Waals surface area contributed by atoms with Crippen molar-refractivity contribution < 1.29 is 4.74 Å². The van der Waals surface area contributed by atoms with Gasteiger partial charge in [-0.1, -0.05) is 42.5 Å². The summed E-state index contributed by atoms with van der Waals surface area (Å²) >= 11 is 0. The van der Waals surface area contributed by atoms with Crippen molar-refractivity contribution in [2.24, 2.45) is 0 Å². The lowest BCUT2D eigenvalue weighted by Gasteiger charge is -2.13. The summed E-state index contributed by atoms with van der Waals surface area (Å²) in [5.41, 5.74) is 2.48. The Morgan fingerprint density at radius 2 is 2.00 bits per heavy atom. The van der Waals surface area contributed by atoms with E-state index in [1.54, 1.807) is 7.11 Å². The molecule has 0 N–H and O–H groups in total. The third-order valence-corrected chi connectivity index (χ3v) is 3.26. The van der Waals surface area contributed by atoms with Crippen molar-refractivity contribution in [3.05, 3.63) is 66.6 Å². The van der Waals surface area contributed by atoms with Gasteiger partial charge in [-0.05, 0) is 41.5 Å². The Morgan fingerprint density at radius 1 is 1.11 bits per heavy atom. The van der Waals surface area contributed by atoms with Crippen LogP contribution in [0.2, 0.25) is 0 Å². The second-order valence-electron chi connectivity index (χ2n) is 4.39. The van der Waals surface area contributed by atoms with Crippen LogP contribution in [0, 0.1) is 6.42 Å². The molecule has 0 aliphatic heterocycles. The van der Waals surface area contributed by atoms with Crippen LogP contribution in [0.4, 0.5) is 0 Å². The minimum atomic E-state index is 0.937. The van der Waals surface area contributed by atoms with Crippen LogP contribution in [0.15, 0.2) is 54.6 Å². The molecule has 0 spiro atoms. The molecular formula is C17H15O. The van der Waals surface area contributed by atoms with E-state index in [2.05, 4.69) is 55.0 Å². The molecule has 0 aromatic heterocycles. The standard InChI is InChI=1S/C17H15O/c1-18-17-12-15(13-7-3-2-4-8-13)11-14-9-5-6-10-16(14)17/h2-3,5-12H,4H2,1H3. The summed E-state index contributed by atoms with van der Waals surface area (Å²) in [5.74, 6) is 0.937. The van der Waals surface area contributed by atoms with Gasteiger partial charge in [-0.2, -0.15) is 0 Å². The number of methoxy groups -OCH3 is 1. The van der Waals surface area contributed by atoms with Crippen LogP contribution in [0.5, 0.6) is 5.75 Å². The molecule has 18 heavy (non-hydrogen) atoms. The van der Waals surface area contributed by atoms with Gasteiger partial charge < -0.3 is 4.74 Å². The molecule has 1 aliphatic rings. The van der Waals surface area contributed by atoms with Crippen LogP contribution in [0.1, 0.15) is 12.0 Å². The second kappa shape index (κ2) is 4.69. The van der Waals surface area contributed by atoms with Crippen LogP contribution in [0.3, 0.4) is 0 Å². The average Bonchev–Trinajstić information content (AvgIpc) is 2.47. The molecule has 1 nitrogen and oxygen atoms in total. The molecule has 0 saturated heterocycles. The normalized spacial score (nSPS) is 14.6. The Morgan fingerprint density at radius 3 is 2.78 bits per heavy atom. The Balaban J connectivity index is 2.19. The summed E-state index contributed by atoms with van der Waals surface area (Å²) in [6.07, 6.45) is 9.65. The number of rotatable bonds is 2. The Kier molecular flexibility index (Phi) is 2.89. The molecule has 0 bridgehead atoms. The van der Waals surface area contributed by atoms with Gasteiger partial charge in [-0.25, -0.2) is 0 Å². The molecule has 0 fully saturated rings. The van der Waals surface area contributed by atoms with Gasteiger partial charge in [0, 0.05) is 5.39 Å². The highest BCUT2D eigenvalue weighted by atomic mass is 16.5. The van der Waals surface area contributed by atoms with Crippen molar-refractivity contribution in [2.75, 3.05) is 7.11 Å². The maximum atomic E-state index is 5.50. The van der Waals surface area contributed by atoms with Crippen molar-refractivity contribution in [1.29, 1.82) is 0 Å². The minimum Gasteiger partial charge on any atom is -0.496 e. The van der Waals surface area contributed by atoms with Crippen LogP contribution in [-0.4, -0.2) is 7.11 Å². The molecule has 1 radical (unpaired) electrons. The first kappa shape index (κ1) is 11.1. The van der Waals surface area contributed by atoms with Crippen molar-refractivity contribution in [1.82, 2.24) is 0 Å². The molecule has 2 aromatic carbocycles. The maximum Gasteiger partial charge on any atom is 0.127 e. The van der Waals surface area contributed by atoms with Crippen LogP contribution in [-0.2, 0) is 0 Å². The molecule has 0 saturated carbocycles. The molecule has 2 aromatic rings. The minimum absolute atomic E-state index is 0.937. The third kappa shape index (κ3) is 1.92. The SMILES string of the molecule is COc1cc(C2=CC=CC[CH]2)cc2ccccc12. The highest BCUT2D eigenvalue weighted by Gasteiger charge is 2.08. The van der Waals surface area contributed by atoms with Gasteiger partial charge in [-0.15, -0.1) is 0 Å². The van der Waals surface area contributed by atoms with E-state index in [1.165, 1.54) is 16.5 Å². The predicted octanol–water partition coefficient (Wildman–Crippen LogP) is 4.40. The number of benzene rings is 2. The molecule has 0 amide bonds. The van der Waals surface area contributed by atoms with Crippen LogP contribution >= 0.6 is 0 Å². The van der Waals surface area contributed by atoms with Gasteiger partial charge >= 0.3 is 0 Å². The van der Waals surface area contributed by atoms with E-state index < -0.39 is 0 Å². The summed E-state index contributed by atoms with van der Waals surface area (Å²) in [4.78, 5) is 0. The predicted molar refractivity (Wildman–Crippen MR) is 76.5 cm³/mol. The largest absolute Gasteiger partial charge is 0.496 e. The van der Waals surface area contributed by atoms with E-state index in [0.717, 1.165) is 17.6 Å². The van der Waals surface area contributed by atoms with Crippen molar-refractivity contribution in [2.45, 2.75) is 6.42 Å². The molecule has 0 heterocycles. The molecule has 1 aliphatic carbocycles. The quantitative estimate of drug-likeness (QED) is 0.749. The second-order valence-corrected chi connectivity index (χ2v) is 4.39. The first-order chi connectivity index (χ1) is 8.88. The van der Waals surface area contributed by atoms with Crippen molar-refractivity contribution in [3.63, 3.8) is 0 Å². The summed E-state index contributed by atoms with van der Waals surface area (Å²) < 4.78 is 5.50. The number of ether oxygens (including phenoxy) is 1.